The van der Waals surface area contributed by atoms with Crippen molar-refractivity contribution < 1.29 is 0 Å². The van der Waals surface area contributed by atoms with Crippen molar-refractivity contribution >= 4 is 49.4 Å². The van der Waals surface area contributed by atoms with Crippen LogP contribution in [0.25, 0.3) is 54.6 Å². The Hall–Kier alpha value is -7.22. The maximum Gasteiger partial charge on any atom is 0.0714 e. The van der Waals surface area contributed by atoms with Gasteiger partial charge < -0.3 is 4.90 Å². The Kier molecular flexibility index (Phi) is 7.26. The molecule has 12 rings (SSSR count). The fourth-order valence-corrected chi connectivity index (χ4v) is 11.0. The standard InChI is InChI=1S/C58H41N/c1-57(2)51-28-15-13-26-47(51)48-35-33-41(37-54(48)57)59(40-32-34-46-44-24-10-9-22-42(44)43-23-11-12-25-45(43)50(46)36-40)55-31-17-30-53-56(55)49-27-14-16-29-52(49)58(53,38-18-5-3-6-19-38)39-20-7-4-8-21-39/h3-37H,1-2H3. The van der Waals surface area contributed by atoms with Crippen LogP contribution in [0, 0.1) is 0 Å². The predicted molar refractivity (Wildman–Crippen MR) is 249 cm³/mol. The number of fused-ring (bicyclic) bond motifs is 12. The lowest BCUT2D eigenvalue weighted by Gasteiger charge is -2.34. The van der Waals surface area contributed by atoms with Gasteiger partial charge >= 0.3 is 0 Å². The number of hydrogen-bond donors (Lipinski definition) is 0. The summed E-state index contributed by atoms with van der Waals surface area (Å²) in [7, 11) is 0. The van der Waals surface area contributed by atoms with E-state index in [1.54, 1.807) is 0 Å². The van der Waals surface area contributed by atoms with Crippen molar-refractivity contribution in [1.82, 2.24) is 0 Å². The van der Waals surface area contributed by atoms with Crippen molar-refractivity contribution in [2.24, 2.45) is 0 Å². The molecule has 0 amide bonds. The second-order valence-corrected chi connectivity index (χ2v) is 16.8. The normalized spacial score (nSPS) is 14.2. The Bertz CT molecular complexity index is 3230. The summed E-state index contributed by atoms with van der Waals surface area (Å²) in [5.74, 6) is 0. The van der Waals surface area contributed by atoms with Gasteiger partial charge in [0.2, 0.25) is 0 Å². The fraction of sp³-hybridized carbons (Fsp3) is 0.0690. The molecule has 0 atom stereocenters. The van der Waals surface area contributed by atoms with Gasteiger partial charge in [0.15, 0.2) is 0 Å². The molecule has 0 unspecified atom stereocenters. The lowest BCUT2D eigenvalue weighted by atomic mass is 9.68. The van der Waals surface area contributed by atoms with Crippen LogP contribution in [0.15, 0.2) is 212 Å². The summed E-state index contributed by atoms with van der Waals surface area (Å²) in [6.45, 7) is 4.76. The molecule has 10 aromatic carbocycles. The van der Waals surface area contributed by atoms with Gasteiger partial charge in [0.05, 0.1) is 11.1 Å². The molecule has 0 fully saturated rings. The Labute approximate surface area is 345 Å². The van der Waals surface area contributed by atoms with Crippen LogP contribution in [-0.2, 0) is 10.8 Å². The molecule has 0 saturated carbocycles. The van der Waals surface area contributed by atoms with Crippen molar-refractivity contribution in [3.63, 3.8) is 0 Å². The van der Waals surface area contributed by atoms with E-state index in [0.717, 1.165) is 11.4 Å². The number of benzene rings is 10. The maximum absolute atomic E-state index is 2.55. The molecule has 0 aromatic heterocycles. The second kappa shape index (κ2) is 12.6. The van der Waals surface area contributed by atoms with Gasteiger partial charge in [-0.1, -0.05) is 196 Å². The van der Waals surface area contributed by atoms with Gasteiger partial charge in [0, 0.05) is 22.4 Å². The highest BCUT2D eigenvalue weighted by atomic mass is 15.1. The molecule has 1 nitrogen and oxygen atoms in total. The Morgan fingerprint density at radius 2 is 0.797 bits per heavy atom. The molecule has 0 bridgehead atoms. The van der Waals surface area contributed by atoms with E-state index >= 15 is 0 Å². The number of nitrogens with zero attached hydrogens (tertiary/aromatic N) is 1. The third kappa shape index (κ3) is 4.67. The maximum atomic E-state index is 2.55. The third-order valence-electron chi connectivity index (χ3n) is 13.5. The van der Waals surface area contributed by atoms with E-state index in [1.165, 1.54) is 93.6 Å². The van der Waals surface area contributed by atoms with Crippen LogP contribution in [-0.4, -0.2) is 0 Å². The van der Waals surface area contributed by atoms with Crippen molar-refractivity contribution in [2.45, 2.75) is 24.7 Å². The van der Waals surface area contributed by atoms with Crippen molar-refractivity contribution in [2.75, 3.05) is 4.90 Å². The first-order valence-corrected chi connectivity index (χ1v) is 20.8. The van der Waals surface area contributed by atoms with Crippen LogP contribution in [0.5, 0.6) is 0 Å². The summed E-state index contributed by atoms with van der Waals surface area (Å²) in [5, 5.41) is 7.64. The van der Waals surface area contributed by atoms with Crippen LogP contribution in [0.2, 0.25) is 0 Å². The molecule has 2 aliphatic rings. The zero-order valence-electron chi connectivity index (χ0n) is 33.2. The number of rotatable bonds is 5. The van der Waals surface area contributed by atoms with Gasteiger partial charge in [-0.2, -0.15) is 0 Å². The first kappa shape index (κ1) is 33.9. The molecule has 0 spiro atoms. The van der Waals surface area contributed by atoms with Gasteiger partial charge in [0.1, 0.15) is 0 Å². The molecule has 10 aromatic rings. The number of anilines is 3. The Morgan fingerprint density at radius 1 is 0.322 bits per heavy atom. The van der Waals surface area contributed by atoms with Crippen molar-refractivity contribution in [3.05, 3.63) is 246 Å². The van der Waals surface area contributed by atoms with Gasteiger partial charge in [-0.15, -0.1) is 0 Å². The summed E-state index contributed by atoms with van der Waals surface area (Å²) >= 11 is 0. The first-order valence-electron chi connectivity index (χ1n) is 20.8. The smallest absolute Gasteiger partial charge is 0.0714 e. The molecular formula is C58H41N. The van der Waals surface area contributed by atoms with E-state index in [2.05, 4.69) is 231 Å². The largest absolute Gasteiger partial charge is 0.310 e. The van der Waals surface area contributed by atoms with E-state index in [1.807, 2.05) is 0 Å². The molecule has 59 heavy (non-hydrogen) atoms. The zero-order valence-corrected chi connectivity index (χ0v) is 33.2. The highest BCUT2D eigenvalue weighted by Gasteiger charge is 2.47. The summed E-state index contributed by atoms with van der Waals surface area (Å²) in [6, 6.07) is 79.4. The fourth-order valence-electron chi connectivity index (χ4n) is 11.0. The van der Waals surface area contributed by atoms with E-state index < -0.39 is 5.41 Å². The molecule has 0 aliphatic heterocycles. The lowest BCUT2D eigenvalue weighted by molar-refractivity contribution is 0.660. The average Bonchev–Trinajstić information content (AvgIpc) is 3.73. The summed E-state index contributed by atoms with van der Waals surface area (Å²) < 4.78 is 0. The van der Waals surface area contributed by atoms with Gasteiger partial charge in [-0.25, -0.2) is 0 Å². The third-order valence-corrected chi connectivity index (χ3v) is 13.5. The number of hydrogen-bond acceptors (Lipinski definition) is 1. The molecule has 0 saturated heterocycles. The molecule has 2 aliphatic carbocycles. The molecule has 0 N–H and O–H groups in total. The van der Waals surface area contributed by atoms with Crippen molar-refractivity contribution in [3.8, 4) is 22.3 Å². The van der Waals surface area contributed by atoms with Crippen LogP contribution < -0.4 is 4.90 Å². The van der Waals surface area contributed by atoms with E-state index in [-0.39, 0.29) is 5.41 Å². The van der Waals surface area contributed by atoms with Crippen LogP contribution in [0.4, 0.5) is 17.1 Å². The van der Waals surface area contributed by atoms with E-state index in [9.17, 15) is 0 Å². The van der Waals surface area contributed by atoms with Gasteiger partial charge in [0.25, 0.3) is 0 Å². The molecule has 0 radical (unpaired) electrons. The van der Waals surface area contributed by atoms with Crippen LogP contribution >= 0.6 is 0 Å². The topological polar surface area (TPSA) is 3.24 Å². The highest BCUT2D eigenvalue weighted by Crippen LogP contribution is 2.60. The monoisotopic (exact) mass is 751 g/mol. The minimum absolute atomic E-state index is 0.146. The second-order valence-electron chi connectivity index (χ2n) is 16.8. The van der Waals surface area contributed by atoms with E-state index in [0.29, 0.717) is 0 Å². The minimum atomic E-state index is -0.504. The summed E-state index contributed by atoms with van der Waals surface area (Å²) in [6.07, 6.45) is 0. The molecule has 0 heterocycles. The summed E-state index contributed by atoms with van der Waals surface area (Å²) in [5.41, 5.74) is 15.9. The lowest BCUT2D eigenvalue weighted by Crippen LogP contribution is -2.28. The van der Waals surface area contributed by atoms with Crippen LogP contribution in [0.3, 0.4) is 0 Å². The quantitative estimate of drug-likeness (QED) is 0.158. The minimum Gasteiger partial charge on any atom is -0.310 e. The Balaban J connectivity index is 1.18. The molecule has 278 valence electrons. The summed E-state index contributed by atoms with van der Waals surface area (Å²) in [4.78, 5) is 2.55. The van der Waals surface area contributed by atoms with E-state index in [4.69, 9.17) is 0 Å². The zero-order chi connectivity index (χ0) is 39.3. The van der Waals surface area contributed by atoms with Gasteiger partial charge in [-0.3, -0.25) is 0 Å². The molecule has 1 heteroatoms. The average molecular weight is 752 g/mol. The van der Waals surface area contributed by atoms with Gasteiger partial charge in [-0.05, 0) is 113 Å². The predicted octanol–water partition coefficient (Wildman–Crippen LogP) is 15.3. The Morgan fingerprint density at radius 3 is 1.46 bits per heavy atom. The molecular weight excluding hydrogens is 711 g/mol. The van der Waals surface area contributed by atoms with Crippen LogP contribution in [0.1, 0.15) is 47.2 Å². The first-order chi connectivity index (χ1) is 29.0. The SMILES string of the molecule is CC1(C)c2ccccc2-c2ccc(N(c3ccc4c5ccccc5c5ccccc5c4c3)c3cccc4c3-c3ccccc3C4(c3ccccc3)c3ccccc3)cc21. The van der Waals surface area contributed by atoms with Crippen molar-refractivity contribution in [1.29, 1.82) is 0 Å². The highest BCUT2D eigenvalue weighted by molar-refractivity contribution is 6.26.